The molecule has 0 spiro atoms. The summed E-state index contributed by atoms with van der Waals surface area (Å²) in [5, 5.41) is 6.93. The van der Waals surface area contributed by atoms with Crippen LogP contribution in [0.4, 0.5) is 11.4 Å². The van der Waals surface area contributed by atoms with E-state index < -0.39 is 23.6 Å². The zero-order valence-corrected chi connectivity index (χ0v) is 25.9. The van der Waals surface area contributed by atoms with Crippen molar-refractivity contribution in [2.45, 2.75) is 13.8 Å². The number of carbonyl (C=O) groups is 4. The number of hydrogen-bond acceptors (Lipinski definition) is 4. The first-order chi connectivity index (χ1) is 22.2. The van der Waals surface area contributed by atoms with Gasteiger partial charge in [-0.3, -0.25) is 19.2 Å². The van der Waals surface area contributed by atoms with Gasteiger partial charge in [-0.2, -0.15) is 0 Å². The van der Waals surface area contributed by atoms with Crippen molar-refractivity contribution in [3.05, 3.63) is 128 Å². The van der Waals surface area contributed by atoms with Gasteiger partial charge in [-0.1, -0.05) is 59.6 Å². The standard InChI is InChI=1S/C38H20Cl2N2O4/c1-17-3-5-19(39)15-29(17)41-35(43)25-11-7-21-23-9-13-27-34-28(38(46)42(37(27)45)30-16-20(40)6-4-18(30)2)14-10-24(32(23)34)22-8-12-26(36(41)44)33(25)31(21)22/h3-16H,1-2H3. The molecular weight excluding hydrogens is 619 g/mol. The van der Waals surface area contributed by atoms with Crippen molar-refractivity contribution in [2.75, 3.05) is 9.80 Å². The molecule has 0 aliphatic carbocycles. The zero-order valence-electron chi connectivity index (χ0n) is 24.4. The second kappa shape index (κ2) is 9.13. The molecule has 0 unspecified atom stereocenters. The smallest absolute Gasteiger partial charge is 0.265 e. The highest BCUT2D eigenvalue weighted by Gasteiger charge is 2.38. The molecule has 8 heteroatoms. The Morgan fingerprint density at radius 2 is 0.717 bits per heavy atom. The molecule has 7 aromatic carbocycles. The number of hydrogen-bond donors (Lipinski definition) is 0. The van der Waals surface area contributed by atoms with Crippen LogP contribution in [-0.4, -0.2) is 23.6 Å². The van der Waals surface area contributed by atoms with Crippen LogP contribution < -0.4 is 9.80 Å². The summed E-state index contributed by atoms with van der Waals surface area (Å²) in [4.78, 5) is 58.5. The van der Waals surface area contributed by atoms with Crippen LogP contribution in [-0.2, 0) is 0 Å². The Morgan fingerprint density at radius 3 is 1.02 bits per heavy atom. The summed E-state index contributed by atoms with van der Waals surface area (Å²) in [7, 11) is 0. The van der Waals surface area contributed by atoms with E-state index >= 15 is 0 Å². The average Bonchev–Trinajstić information content (AvgIpc) is 3.05. The molecule has 0 N–H and O–H groups in total. The maximum Gasteiger partial charge on any atom is 0.265 e. The Morgan fingerprint density at radius 1 is 0.413 bits per heavy atom. The van der Waals surface area contributed by atoms with Crippen LogP contribution in [0.25, 0.3) is 43.1 Å². The van der Waals surface area contributed by atoms with E-state index in [2.05, 4.69) is 0 Å². The second-order valence-corrected chi connectivity index (χ2v) is 12.8. The third kappa shape index (κ3) is 3.32. The van der Waals surface area contributed by atoms with Crippen LogP contribution in [0.15, 0.2) is 84.9 Å². The Hall–Kier alpha value is -5.30. The van der Waals surface area contributed by atoms with Gasteiger partial charge in [-0.05, 0) is 106 Å². The molecule has 0 atom stereocenters. The number of halogens is 2. The van der Waals surface area contributed by atoms with E-state index in [1.54, 1.807) is 60.7 Å². The highest BCUT2D eigenvalue weighted by Crippen LogP contribution is 2.47. The summed E-state index contributed by atoms with van der Waals surface area (Å²) in [5.41, 5.74) is 4.07. The maximum atomic E-state index is 14.0. The summed E-state index contributed by atoms with van der Waals surface area (Å²) >= 11 is 12.5. The van der Waals surface area contributed by atoms with Crippen LogP contribution in [0.5, 0.6) is 0 Å². The topological polar surface area (TPSA) is 74.8 Å². The fourth-order valence-corrected chi connectivity index (χ4v) is 7.69. The number of fused-ring (bicyclic) bond motifs is 2. The van der Waals surface area contributed by atoms with E-state index in [1.165, 1.54) is 9.80 Å². The third-order valence-electron chi connectivity index (χ3n) is 9.46. The monoisotopic (exact) mass is 638 g/mol. The summed E-state index contributed by atoms with van der Waals surface area (Å²) in [5.74, 6) is -1.68. The maximum absolute atomic E-state index is 14.0. The lowest BCUT2D eigenvalue weighted by molar-refractivity contribution is 0.0877. The molecule has 0 bridgehead atoms. The molecule has 0 aromatic heterocycles. The lowest BCUT2D eigenvalue weighted by Gasteiger charge is -2.31. The summed E-state index contributed by atoms with van der Waals surface area (Å²) in [6.07, 6.45) is 0. The Kier molecular flexibility index (Phi) is 5.37. The van der Waals surface area contributed by atoms with Gasteiger partial charge in [0, 0.05) is 43.1 Å². The molecular formula is C38H20Cl2N2O4. The van der Waals surface area contributed by atoms with E-state index in [9.17, 15) is 19.2 Å². The van der Waals surface area contributed by atoms with Crippen LogP contribution in [0.1, 0.15) is 52.6 Å². The van der Waals surface area contributed by atoms with E-state index in [0.29, 0.717) is 54.4 Å². The number of rotatable bonds is 2. The molecule has 220 valence electrons. The van der Waals surface area contributed by atoms with Crippen LogP contribution >= 0.6 is 23.2 Å². The average molecular weight is 639 g/mol. The van der Waals surface area contributed by atoms with Gasteiger partial charge in [0.1, 0.15) is 0 Å². The molecule has 2 aliphatic rings. The molecule has 2 heterocycles. The van der Waals surface area contributed by atoms with Gasteiger partial charge in [0.15, 0.2) is 0 Å². The van der Waals surface area contributed by atoms with Crippen molar-refractivity contribution in [2.24, 2.45) is 0 Å². The molecule has 0 saturated heterocycles. The van der Waals surface area contributed by atoms with Gasteiger partial charge in [0.2, 0.25) is 0 Å². The lowest BCUT2D eigenvalue weighted by atomic mass is 9.82. The Bertz CT molecular complexity index is 2320. The number of aryl methyl sites for hydroxylation is 2. The molecule has 9 rings (SSSR count). The highest BCUT2D eigenvalue weighted by atomic mass is 35.5. The van der Waals surface area contributed by atoms with Crippen molar-refractivity contribution >= 4 is 101 Å². The first-order valence-corrected chi connectivity index (χ1v) is 15.4. The van der Waals surface area contributed by atoms with Crippen LogP contribution in [0.2, 0.25) is 10.0 Å². The fourth-order valence-electron chi connectivity index (χ4n) is 7.35. The van der Waals surface area contributed by atoms with Crippen molar-refractivity contribution < 1.29 is 19.2 Å². The predicted octanol–water partition coefficient (Wildman–Crippen LogP) is 9.26. The molecule has 6 nitrogen and oxygen atoms in total. The number of benzene rings is 7. The first kappa shape index (κ1) is 27.0. The molecule has 0 fully saturated rings. The van der Waals surface area contributed by atoms with Crippen molar-refractivity contribution in [3.8, 4) is 0 Å². The number of imide groups is 2. The fraction of sp³-hybridized carbons (Fsp3) is 0.0526. The Labute approximate surface area is 271 Å². The number of amides is 4. The number of nitrogens with zero attached hydrogens (tertiary/aromatic N) is 2. The van der Waals surface area contributed by atoms with E-state index in [0.717, 1.165) is 43.4 Å². The largest absolute Gasteiger partial charge is 0.268 e. The predicted molar refractivity (Wildman–Crippen MR) is 182 cm³/mol. The van der Waals surface area contributed by atoms with Crippen molar-refractivity contribution in [3.63, 3.8) is 0 Å². The van der Waals surface area contributed by atoms with E-state index in [1.807, 2.05) is 38.1 Å². The summed E-state index contributed by atoms with van der Waals surface area (Å²) in [6, 6.07) is 24.9. The van der Waals surface area contributed by atoms with Gasteiger partial charge >= 0.3 is 0 Å². The van der Waals surface area contributed by atoms with Gasteiger partial charge in [0.25, 0.3) is 23.6 Å². The van der Waals surface area contributed by atoms with Crippen molar-refractivity contribution in [1.82, 2.24) is 0 Å². The highest BCUT2D eigenvalue weighted by molar-refractivity contribution is 6.45. The first-order valence-electron chi connectivity index (χ1n) is 14.7. The van der Waals surface area contributed by atoms with Gasteiger partial charge in [0.05, 0.1) is 11.4 Å². The summed E-state index contributed by atoms with van der Waals surface area (Å²) < 4.78 is 0. The minimum Gasteiger partial charge on any atom is -0.268 e. The normalized spacial score (nSPS) is 14.6. The van der Waals surface area contributed by atoms with Crippen LogP contribution in [0, 0.1) is 13.8 Å². The molecule has 0 saturated carbocycles. The van der Waals surface area contributed by atoms with Gasteiger partial charge in [-0.15, -0.1) is 0 Å². The Balaban J connectivity index is 1.31. The molecule has 0 radical (unpaired) electrons. The van der Waals surface area contributed by atoms with E-state index in [-0.39, 0.29) is 0 Å². The minimum atomic E-state index is -0.421. The lowest BCUT2D eigenvalue weighted by Crippen LogP contribution is -2.41. The second-order valence-electron chi connectivity index (χ2n) is 11.9. The molecule has 2 aliphatic heterocycles. The quantitative estimate of drug-likeness (QED) is 0.107. The number of carbonyl (C=O) groups excluding carboxylic acids is 4. The molecule has 7 aromatic rings. The van der Waals surface area contributed by atoms with Gasteiger partial charge in [-0.25, -0.2) is 9.80 Å². The third-order valence-corrected chi connectivity index (χ3v) is 9.93. The van der Waals surface area contributed by atoms with E-state index in [4.69, 9.17) is 23.2 Å². The number of anilines is 2. The van der Waals surface area contributed by atoms with Crippen molar-refractivity contribution in [1.29, 1.82) is 0 Å². The summed E-state index contributed by atoms with van der Waals surface area (Å²) in [6.45, 7) is 3.67. The molecule has 4 amide bonds. The van der Waals surface area contributed by atoms with Crippen LogP contribution in [0.3, 0.4) is 0 Å². The zero-order chi connectivity index (χ0) is 31.8. The molecule has 46 heavy (non-hydrogen) atoms. The SMILES string of the molecule is Cc1ccc(Cl)cc1N1C(=O)c2ccc3c4ccc5c6c(ccc(c7ccc(c2c37)C1=O)c64)C(=O)N(c1cc(Cl)ccc1C)C5=O. The minimum absolute atomic E-state index is 0.418. The van der Waals surface area contributed by atoms with Gasteiger partial charge < -0.3 is 0 Å².